The molecule has 4 atom stereocenters. The number of esters is 3. The van der Waals surface area contributed by atoms with Gasteiger partial charge in [0.2, 0.25) is 0 Å². The van der Waals surface area contributed by atoms with Crippen molar-refractivity contribution in [1.29, 1.82) is 0 Å². The minimum absolute atomic E-state index is 0.276. The van der Waals surface area contributed by atoms with Crippen molar-refractivity contribution in [2.45, 2.75) is 51.8 Å². The van der Waals surface area contributed by atoms with Crippen LogP contribution in [-0.2, 0) is 39.9 Å². The fourth-order valence-corrected chi connectivity index (χ4v) is 2.68. The van der Waals surface area contributed by atoms with Crippen molar-refractivity contribution < 1.29 is 33.3 Å². The molecule has 0 saturated heterocycles. The standard InChI is InChI=1S/C19H22O7/c1-12(20)24-17-10-9-16(23-11-15-7-5-4-6-8-15)18(25-13(2)21)19(17)26-14(3)22/h4-10,16-19H,11H2,1-3H3/t16-,17-,18+,19+/m1/s1. The Morgan fingerprint density at radius 1 is 0.769 bits per heavy atom. The molecule has 1 aromatic rings. The molecule has 0 bridgehead atoms. The summed E-state index contributed by atoms with van der Waals surface area (Å²) in [4.78, 5) is 34.4. The van der Waals surface area contributed by atoms with Gasteiger partial charge in [0.1, 0.15) is 6.10 Å². The first kappa shape index (κ1) is 19.7. The normalized spacial score (nSPS) is 24.6. The molecule has 0 radical (unpaired) electrons. The van der Waals surface area contributed by atoms with Crippen LogP contribution in [0.5, 0.6) is 0 Å². The molecule has 0 fully saturated rings. The van der Waals surface area contributed by atoms with E-state index in [1.54, 1.807) is 12.2 Å². The van der Waals surface area contributed by atoms with E-state index >= 15 is 0 Å². The lowest BCUT2D eigenvalue weighted by Gasteiger charge is -2.37. The predicted octanol–water partition coefficient (Wildman–Crippen LogP) is 1.94. The third-order valence-corrected chi connectivity index (χ3v) is 3.65. The van der Waals surface area contributed by atoms with Crippen molar-refractivity contribution in [2.75, 3.05) is 0 Å². The van der Waals surface area contributed by atoms with Gasteiger partial charge >= 0.3 is 17.9 Å². The fourth-order valence-electron chi connectivity index (χ4n) is 2.68. The zero-order chi connectivity index (χ0) is 19.1. The maximum Gasteiger partial charge on any atom is 0.303 e. The van der Waals surface area contributed by atoms with Crippen molar-refractivity contribution >= 4 is 17.9 Å². The molecule has 0 heterocycles. The molecule has 2 rings (SSSR count). The van der Waals surface area contributed by atoms with E-state index in [-0.39, 0.29) is 6.61 Å². The highest BCUT2D eigenvalue weighted by Gasteiger charge is 2.43. The van der Waals surface area contributed by atoms with Crippen LogP contribution < -0.4 is 0 Å². The van der Waals surface area contributed by atoms with E-state index in [0.717, 1.165) is 5.56 Å². The van der Waals surface area contributed by atoms with Gasteiger partial charge in [-0.2, -0.15) is 0 Å². The minimum atomic E-state index is -0.994. The molecule has 0 spiro atoms. The highest BCUT2D eigenvalue weighted by Crippen LogP contribution is 2.25. The maximum absolute atomic E-state index is 11.5. The van der Waals surface area contributed by atoms with Crippen LogP contribution in [0.3, 0.4) is 0 Å². The SMILES string of the molecule is CC(=O)O[C@@H]1[C@@H](OC(C)=O)[C@H](OC(C)=O)C=C[C@H]1OCc1ccccc1. The second-order valence-corrected chi connectivity index (χ2v) is 5.87. The van der Waals surface area contributed by atoms with Crippen molar-refractivity contribution in [3.63, 3.8) is 0 Å². The zero-order valence-electron chi connectivity index (χ0n) is 14.9. The third-order valence-electron chi connectivity index (χ3n) is 3.65. The minimum Gasteiger partial charge on any atom is -0.455 e. The maximum atomic E-state index is 11.5. The first-order valence-corrected chi connectivity index (χ1v) is 8.22. The van der Waals surface area contributed by atoms with Crippen molar-refractivity contribution in [2.24, 2.45) is 0 Å². The summed E-state index contributed by atoms with van der Waals surface area (Å²) in [7, 11) is 0. The fraction of sp³-hybridized carbons (Fsp3) is 0.421. The molecule has 1 aliphatic carbocycles. The highest BCUT2D eigenvalue weighted by molar-refractivity contribution is 5.68. The first-order chi connectivity index (χ1) is 12.4. The number of benzene rings is 1. The molecule has 0 saturated carbocycles. The van der Waals surface area contributed by atoms with Crippen molar-refractivity contribution in [3.05, 3.63) is 48.0 Å². The molecule has 26 heavy (non-hydrogen) atoms. The summed E-state index contributed by atoms with van der Waals surface area (Å²) in [5, 5.41) is 0. The van der Waals surface area contributed by atoms with Crippen LogP contribution in [0.15, 0.2) is 42.5 Å². The molecule has 1 aromatic carbocycles. The topological polar surface area (TPSA) is 88.1 Å². The van der Waals surface area contributed by atoms with Gasteiger partial charge in [-0.05, 0) is 11.6 Å². The number of carbonyl (C=O) groups is 3. The van der Waals surface area contributed by atoms with Gasteiger partial charge in [0.15, 0.2) is 18.3 Å². The van der Waals surface area contributed by atoms with E-state index in [1.807, 2.05) is 30.3 Å². The lowest BCUT2D eigenvalue weighted by molar-refractivity contribution is -0.192. The largest absolute Gasteiger partial charge is 0.455 e. The zero-order valence-corrected chi connectivity index (χ0v) is 14.9. The van der Waals surface area contributed by atoms with Crippen molar-refractivity contribution in [1.82, 2.24) is 0 Å². The van der Waals surface area contributed by atoms with Crippen LogP contribution in [-0.4, -0.2) is 42.3 Å². The molecule has 0 aliphatic heterocycles. The molecular weight excluding hydrogens is 340 g/mol. The molecule has 0 amide bonds. The van der Waals surface area contributed by atoms with Gasteiger partial charge in [-0.25, -0.2) is 0 Å². The van der Waals surface area contributed by atoms with Gasteiger partial charge in [-0.15, -0.1) is 0 Å². The van der Waals surface area contributed by atoms with Gasteiger partial charge in [0.05, 0.1) is 6.61 Å². The summed E-state index contributed by atoms with van der Waals surface area (Å²) in [5.41, 5.74) is 0.939. The third kappa shape index (κ3) is 5.70. The number of carbonyl (C=O) groups excluding carboxylic acids is 3. The van der Waals surface area contributed by atoms with Crippen LogP contribution in [0.2, 0.25) is 0 Å². The molecule has 0 aromatic heterocycles. The second-order valence-electron chi connectivity index (χ2n) is 5.87. The van der Waals surface area contributed by atoms with E-state index in [0.29, 0.717) is 0 Å². The lowest BCUT2D eigenvalue weighted by atomic mass is 9.95. The molecular formula is C19H22O7. The highest BCUT2D eigenvalue weighted by atomic mass is 16.6. The Kier molecular flexibility index (Phi) is 6.91. The monoisotopic (exact) mass is 362 g/mol. The first-order valence-electron chi connectivity index (χ1n) is 8.22. The average Bonchev–Trinajstić information content (AvgIpc) is 2.56. The summed E-state index contributed by atoms with van der Waals surface area (Å²) in [6, 6.07) is 9.47. The van der Waals surface area contributed by atoms with Crippen LogP contribution in [0.1, 0.15) is 26.3 Å². The summed E-state index contributed by atoms with van der Waals surface area (Å²) in [6.45, 7) is 4.00. The molecule has 140 valence electrons. The van der Waals surface area contributed by atoms with E-state index in [4.69, 9.17) is 18.9 Å². The molecule has 0 unspecified atom stereocenters. The average molecular weight is 362 g/mol. The molecule has 1 aliphatic rings. The smallest absolute Gasteiger partial charge is 0.303 e. The summed E-state index contributed by atoms with van der Waals surface area (Å²) in [6.07, 6.45) is -0.234. The van der Waals surface area contributed by atoms with Crippen LogP contribution in [0.4, 0.5) is 0 Å². The Morgan fingerprint density at radius 2 is 1.27 bits per heavy atom. The summed E-state index contributed by atoms with van der Waals surface area (Å²) < 4.78 is 21.6. The van der Waals surface area contributed by atoms with Crippen molar-refractivity contribution in [3.8, 4) is 0 Å². The number of hydrogen-bond acceptors (Lipinski definition) is 7. The molecule has 7 nitrogen and oxygen atoms in total. The predicted molar refractivity (Wildman–Crippen MR) is 90.8 cm³/mol. The van der Waals surface area contributed by atoms with E-state index < -0.39 is 42.3 Å². The number of ether oxygens (including phenoxy) is 4. The van der Waals surface area contributed by atoms with Crippen LogP contribution >= 0.6 is 0 Å². The Morgan fingerprint density at radius 3 is 1.81 bits per heavy atom. The Labute approximate surface area is 151 Å². The summed E-state index contributed by atoms with van der Waals surface area (Å²) >= 11 is 0. The van der Waals surface area contributed by atoms with Gasteiger partial charge in [0, 0.05) is 20.8 Å². The molecule has 7 heteroatoms. The van der Waals surface area contributed by atoms with E-state index in [2.05, 4.69) is 0 Å². The quantitative estimate of drug-likeness (QED) is 0.434. The number of hydrogen-bond donors (Lipinski definition) is 0. The van der Waals surface area contributed by atoms with Gasteiger partial charge in [0.25, 0.3) is 0 Å². The van der Waals surface area contributed by atoms with Gasteiger partial charge in [-0.3, -0.25) is 14.4 Å². The summed E-state index contributed by atoms with van der Waals surface area (Å²) in [5.74, 6) is -1.68. The van der Waals surface area contributed by atoms with E-state index in [9.17, 15) is 14.4 Å². The Hall–Kier alpha value is -2.67. The van der Waals surface area contributed by atoms with Gasteiger partial charge in [-0.1, -0.05) is 36.4 Å². The van der Waals surface area contributed by atoms with Crippen LogP contribution in [0, 0.1) is 0 Å². The van der Waals surface area contributed by atoms with Crippen LogP contribution in [0.25, 0.3) is 0 Å². The van der Waals surface area contributed by atoms with E-state index in [1.165, 1.54) is 20.8 Å². The molecule has 0 N–H and O–H groups in total. The Bertz CT molecular complexity index is 668. The lowest BCUT2D eigenvalue weighted by Crippen LogP contribution is -2.52. The second kappa shape index (κ2) is 9.15. The number of rotatable bonds is 6. The van der Waals surface area contributed by atoms with Gasteiger partial charge < -0.3 is 18.9 Å². The Balaban J connectivity index is 2.22.